The Balaban J connectivity index is 3.53. The molecule has 0 aromatic heterocycles. The molecule has 1 heteroatoms. The van der Waals surface area contributed by atoms with Gasteiger partial charge in [-0.05, 0) is 32.4 Å². The smallest absolute Gasteiger partial charge is 0.00666 e. The predicted octanol–water partition coefficient (Wildman–Crippen LogP) is 3.54. The van der Waals surface area contributed by atoms with Crippen molar-refractivity contribution in [3.8, 4) is 0 Å². The standard InChI is InChI=1S/C12H27N/c1-6-13(7-2)12(5)10-8-9-11(3)4/h11-12H,6-10H2,1-5H3. The number of nitrogens with zero attached hydrogens (tertiary/aromatic N) is 1. The van der Waals surface area contributed by atoms with Crippen LogP contribution in [0.5, 0.6) is 0 Å². The van der Waals surface area contributed by atoms with Gasteiger partial charge in [0.2, 0.25) is 0 Å². The highest BCUT2D eigenvalue weighted by Gasteiger charge is 2.09. The van der Waals surface area contributed by atoms with E-state index < -0.39 is 0 Å². The number of rotatable bonds is 7. The molecule has 1 atom stereocenters. The highest BCUT2D eigenvalue weighted by Crippen LogP contribution is 2.11. The zero-order chi connectivity index (χ0) is 10.3. The maximum Gasteiger partial charge on any atom is 0.00666 e. The molecule has 0 aliphatic heterocycles. The summed E-state index contributed by atoms with van der Waals surface area (Å²) in [5.41, 5.74) is 0. The Kier molecular flexibility index (Phi) is 7.35. The fourth-order valence-corrected chi connectivity index (χ4v) is 1.85. The topological polar surface area (TPSA) is 3.24 Å². The van der Waals surface area contributed by atoms with Crippen LogP contribution in [0.15, 0.2) is 0 Å². The molecule has 0 heterocycles. The fourth-order valence-electron chi connectivity index (χ4n) is 1.85. The third-order valence-corrected chi connectivity index (χ3v) is 2.84. The van der Waals surface area contributed by atoms with Gasteiger partial charge in [0, 0.05) is 6.04 Å². The summed E-state index contributed by atoms with van der Waals surface area (Å²) in [5, 5.41) is 0. The van der Waals surface area contributed by atoms with Gasteiger partial charge < -0.3 is 4.90 Å². The van der Waals surface area contributed by atoms with Gasteiger partial charge in [0.25, 0.3) is 0 Å². The Bertz CT molecular complexity index is 106. The quantitative estimate of drug-likeness (QED) is 0.586. The Labute approximate surface area is 84.5 Å². The van der Waals surface area contributed by atoms with Crippen molar-refractivity contribution in [2.24, 2.45) is 5.92 Å². The summed E-state index contributed by atoms with van der Waals surface area (Å²) in [6, 6.07) is 0.772. The maximum absolute atomic E-state index is 2.54. The van der Waals surface area contributed by atoms with Crippen LogP contribution in [-0.2, 0) is 0 Å². The van der Waals surface area contributed by atoms with Gasteiger partial charge in [-0.2, -0.15) is 0 Å². The molecule has 0 amide bonds. The SMILES string of the molecule is CCN(CC)C(C)CCCC(C)C. The van der Waals surface area contributed by atoms with Crippen molar-refractivity contribution in [3.05, 3.63) is 0 Å². The summed E-state index contributed by atoms with van der Waals surface area (Å²) in [6.45, 7) is 13.9. The van der Waals surface area contributed by atoms with E-state index in [0.717, 1.165) is 12.0 Å². The van der Waals surface area contributed by atoms with Crippen LogP contribution < -0.4 is 0 Å². The minimum Gasteiger partial charge on any atom is -0.301 e. The lowest BCUT2D eigenvalue weighted by Crippen LogP contribution is -2.32. The highest BCUT2D eigenvalue weighted by molar-refractivity contribution is 4.64. The van der Waals surface area contributed by atoms with E-state index in [4.69, 9.17) is 0 Å². The molecule has 0 aromatic rings. The molecule has 0 rings (SSSR count). The summed E-state index contributed by atoms with van der Waals surface area (Å²) in [4.78, 5) is 2.54. The molecule has 1 unspecified atom stereocenters. The summed E-state index contributed by atoms with van der Waals surface area (Å²) in [7, 11) is 0. The Morgan fingerprint density at radius 1 is 0.923 bits per heavy atom. The van der Waals surface area contributed by atoms with Crippen molar-refractivity contribution in [2.75, 3.05) is 13.1 Å². The van der Waals surface area contributed by atoms with Crippen molar-refractivity contribution >= 4 is 0 Å². The maximum atomic E-state index is 2.54. The van der Waals surface area contributed by atoms with Gasteiger partial charge >= 0.3 is 0 Å². The molecule has 0 N–H and O–H groups in total. The first-order valence-corrected chi connectivity index (χ1v) is 5.85. The van der Waals surface area contributed by atoms with Crippen molar-refractivity contribution in [1.82, 2.24) is 4.90 Å². The molecule has 80 valence electrons. The summed E-state index contributed by atoms with van der Waals surface area (Å²) in [5.74, 6) is 0.865. The van der Waals surface area contributed by atoms with Gasteiger partial charge in [-0.15, -0.1) is 0 Å². The minimum atomic E-state index is 0.772. The van der Waals surface area contributed by atoms with E-state index in [0.29, 0.717) is 0 Å². The molecule has 0 bridgehead atoms. The van der Waals surface area contributed by atoms with Crippen LogP contribution in [0, 0.1) is 5.92 Å². The van der Waals surface area contributed by atoms with E-state index in [9.17, 15) is 0 Å². The normalized spacial score (nSPS) is 14.1. The Morgan fingerprint density at radius 3 is 1.85 bits per heavy atom. The van der Waals surface area contributed by atoms with Crippen molar-refractivity contribution < 1.29 is 0 Å². The minimum absolute atomic E-state index is 0.772. The number of hydrogen-bond acceptors (Lipinski definition) is 1. The van der Waals surface area contributed by atoms with E-state index in [-0.39, 0.29) is 0 Å². The van der Waals surface area contributed by atoms with Crippen LogP contribution in [0.25, 0.3) is 0 Å². The van der Waals surface area contributed by atoms with E-state index >= 15 is 0 Å². The van der Waals surface area contributed by atoms with E-state index in [1.165, 1.54) is 32.4 Å². The molecule has 0 saturated carbocycles. The molecular weight excluding hydrogens is 158 g/mol. The Hall–Kier alpha value is -0.0400. The van der Waals surface area contributed by atoms with Crippen LogP contribution in [0.4, 0.5) is 0 Å². The molecule has 0 aromatic carbocycles. The van der Waals surface area contributed by atoms with Crippen molar-refractivity contribution in [1.29, 1.82) is 0 Å². The van der Waals surface area contributed by atoms with Crippen LogP contribution in [0.2, 0.25) is 0 Å². The second-order valence-corrected chi connectivity index (χ2v) is 4.39. The molecule has 0 spiro atoms. The first-order valence-electron chi connectivity index (χ1n) is 5.85. The van der Waals surface area contributed by atoms with Crippen LogP contribution >= 0.6 is 0 Å². The molecule has 13 heavy (non-hydrogen) atoms. The summed E-state index contributed by atoms with van der Waals surface area (Å²) >= 11 is 0. The first kappa shape index (κ1) is 13.0. The van der Waals surface area contributed by atoms with E-state index in [1.54, 1.807) is 0 Å². The largest absolute Gasteiger partial charge is 0.301 e. The lowest BCUT2D eigenvalue weighted by atomic mass is 10.0. The molecule has 0 aliphatic rings. The van der Waals surface area contributed by atoms with Crippen LogP contribution in [0.3, 0.4) is 0 Å². The lowest BCUT2D eigenvalue weighted by molar-refractivity contribution is 0.215. The second-order valence-electron chi connectivity index (χ2n) is 4.39. The summed E-state index contributed by atoms with van der Waals surface area (Å²) < 4.78 is 0. The van der Waals surface area contributed by atoms with Crippen LogP contribution in [-0.4, -0.2) is 24.0 Å². The van der Waals surface area contributed by atoms with Gasteiger partial charge in [0.15, 0.2) is 0 Å². The molecule has 0 saturated heterocycles. The zero-order valence-corrected chi connectivity index (χ0v) is 10.1. The predicted molar refractivity (Wildman–Crippen MR) is 61.1 cm³/mol. The van der Waals surface area contributed by atoms with Gasteiger partial charge in [-0.1, -0.05) is 40.5 Å². The lowest BCUT2D eigenvalue weighted by Gasteiger charge is -2.26. The monoisotopic (exact) mass is 185 g/mol. The molecule has 0 aliphatic carbocycles. The molecular formula is C12H27N. The van der Waals surface area contributed by atoms with E-state index in [2.05, 4.69) is 39.5 Å². The van der Waals surface area contributed by atoms with Gasteiger partial charge in [-0.3, -0.25) is 0 Å². The zero-order valence-electron chi connectivity index (χ0n) is 10.1. The molecule has 0 fully saturated rings. The number of hydrogen-bond donors (Lipinski definition) is 0. The fraction of sp³-hybridized carbons (Fsp3) is 1.00. The second kappa shape index (κ2) is 7.37. The van der Waals surface area contributed by atoms with Crippen LogP contribution in [0.1, 0.15) is 53.9 Å². The Morgan fingerprint density at radius 2 is 1.46 bits per heavy atom. The molecule has 1 nitrogen and oxygen atoms in total. The first-order chi connectivity index (χ1) is 6.11. The van der Waals surface area contributed by atoms with Crippen molar-refractivity contribution in [2.45, 2.75) is 59.9 Å². The van der Waals surface area contributed by atoms with Gasteiger partial charge in [-0.25, -0.2) is 0 Å². The highest BCUT2D eigenvalue weighted by atomic mass is 15.1. The molecule has 0 radical (unpaired) electrons. The van der Waals surface area contributed by atoms with E-state index in [1.807, 2.05) is 0 Å². The van der Waals surface area contributed by atoms with Gasteiger partial charge in [0.05, 0.1) is 0 Å². The third-order valence-electron chi connectivity index (χ3n) is 2.84. The third kappa shape index (κ3) is 6.09. The van der Waals surface area contributed by atoms with Crippen molar-refractivity contribution in [3.63, 3.8) is 0 Å². The van der Waals surface area contributed by atoms with Gasteiger partial charge in [0.1, 0.15) is 0 Å². The average Bonchev–Trinajstić information content (AvgIpc) is 2.05. The average molecular weight is 185 g/mol. The summed E-state index contributed by atoms with van der Waals surface area (Å²) in [6.07, 6.45) is 4.13.